The molecule has 146 valence electrons. The molecule has 1 aliphatic carbocycles. The van der Waals surface area contributed by atoms with Gasteiger partial charge >= 0.3 is 0 Å². The van der Waals surface area contributed by atoms with Gasteiger partial charge in [-0.15, -0.1) is 11.3 Å². The Hall–Kier alpha value is -2.38. The number of aromatic nitrogens is 2. The van der Waals surface area contributed by atoms with E-state index in [2.05, 4.69) is 44.7 Å². The molecule has 1 fully saturated rings. The van der Waals surface area contributed by atoms with Crippen LogP contribution in [0, 0.1) is 0 Å². The molecule has 0 amide bonds. The zero-order chi connectivity index (χ0) is 19.1. The van der Waals surface area contributed by atoms with Crippen molar-refractivity contribution in [2.24, 2.45) is 0 Å². The van der Waals surface area contributed by atoms with E-state index in [9.17, 15) is 0 Å². The topological polar surface area (TPSA) is 60.6 Å². The van der Waals surface area contributed by atoms with Crippen LogP contribution in [0.5, 0.6) is 11.5 Å². The summed E-state index contributed by atoms with van der Waals surface area (Å²) in [7, 11) is 3.37. The van der Waals surface area contributed by atoms with E-state index in [1.54, 1.807) is 25.6 Å². The van der Waals surface area contributed by atoms with Gasteiger partial charge in [-0.25, -0.2) is 0 Å². The Morgan fingerprint density at radius 1 is 1.21 bits per heavy atom. The number of rotatable bonds is 6. The molecule has 0 radical (unpaired) electrons. The number of methoxy groups -OCH3 is 2. The first-order valence-electron chi connectivity index (χ1n) is 9.61. The highest BCUT2D eigenvalue weighted by Gasteiger charge is 2.33. The van der Waals surface area contributed by atoms with Gasteiger partial charge in [0, 0.05) is 17.3 Å². The van der Waals surface area contributed by atoms with Crippen molar-refractivity contribution < 1.29 is 14.0 Å². The van der Waals surface area contributed by atoms with Crippen molar-refractivity contribution in [2.45, 2.75) is 37.8 Å². The third kappa shape index (κ3) is 3.18. The first-order chi connectivity index (χ1) is 13.8. The summed E-state index contributed by atoms with van der Waals surface area (Å²) in [5.41, 5.74) is 2.56. The Kier molecular flexibility index (Phi) is 4.56. The zero-order valence-electron chi connectivity index (χ0n) is 16.1. The zero-order valence-corrected chi connectivity index (χ0v) is 16.9. The fourth-order valence-electron chi connectivity index (χ4n) is 3.96. The van der Waals surface area contributed by atoms with E-state index in [0.717, 1.165) is 30.3 Å². The molecule has 1 saturated carbocycles. The van der Waals surface area contributed by atoms with Crippen LogP contribution in [0.2, 0.25) is 0 Å². The van der Waals surface area contributed by atoms with Crippen molar-refractivity contribution >= 4 is 11.3 Å². The lowest BCUT2D eigenvalue weighted by atomic mass is 9.91. The van der Waals surface area contributed by atoms with Gasteiger partial charge in [0.2, 0.25) is 5.89 Å². The highest BCUT2D eigenvalue weighted by molar-refractivity contribution is 7.10. The molecule has 0 unspecified atom stereocenters. The van der Waals surface area contributed by atoms with Crippen LogP contribution in [-0.4, -0.2) is 35.8 Å². The van der Waals surface area contributed by atoms with Crippen molar-refractivity contribution in [1.29, 1.82) is 0 Å². The predicted octanol–water partition coefficient (Wildman–Crippen LogP) is 4.17. The van der Waals surface area contributed by atoms with Crippen molar-refractivity contribution in [3.8, 4) is 11.5 Å². The number of benzene rings is 1. The maximum absolute atomic E-state index is 5.58. The summed E-state index contributed by atoms with van der Waals surface area (Å²) in [5, 5.41) is 6.30. The number of hydrogen-bond acceptors (Lipinski definition) is 7. The number of ether oxygens (including phenoxy) is 2. The van der Waals surface area contributed by atoms with Crippen LogP contribution in [0.15, 0.2) is 34.2 Å². The molecule has 2 aromatic heterocycles. The Morgan fingerprint density at radius 3 is 2.75 bits per heavy atom. The van der Waals surface area contributed by atoms with Crippen LogP contribution >= 0.6 is 11.3 Å². The van der Waals surface area contributed by atoms with Gasteiger partial charge in [0.05, 0.1) is 26.8 Å². The van der Waals surface area contributed by atoms with Gasteiger partial charge in [-0.2, -0.15) is 4.98 Å². The van der Waals surface area contributed by atoms with Gasteiger partial charge in [0.1, 0.15) is 0 Å². The van der Waals surface area contributed by atoms with E-state index in [1.807, 2.05) is 0 Å². The molecule has 28 heavy (non-hydrogen) atoms. The van der Waals surface area contributed by atoms with E-state index in [0.29, 0.717) is 18.4 Å². The summed E-state index contributed by atoms with van der Waals surface area (Å²) in [6, 6.07) is 8.67. The minimum atomic E-state index is 0.139. The molecule has 0 N–H and O–H groups in total. The quantitative estimate of drug-likeness (QED) is 0.622. The van der Waals surface area contributed by atoms with Gasteiger partial charge in [-0.05, 0) is 54.0 Å². The van der Waals surface area contributed by atoms with Crippen LogP contribution in [0.3, 0.4) is 0 Å². The summed E-state index contributed by atoms with van der Waals surface area (Å²) in [6.07, 6.45) is 3.30. The molecular weight excluding hydrogens is 374 g/mol. The minimum absolute atomic E-state index is 0.139. The Morgan fingerprint density at radius 2 is 2.04 bits per heavy atom. The van der Waals surface area contributed by atoms with Gasteiger partial charge in [-0.1, -0.05) is 11.2 Å². The van der Waals surface area contributed by atoms with Gasteiger partial charge in [0.25, 0.3) is 0 Å². The Labute approximate surface area is 168 Å². The molecule has 0 bridgehead atoms. The molecule has 6 nitrogen and oxygen atoms in total. The average molecular weight is 398 g/mol. The fourth-order valence-corrected chi connectivity index (χ4v) is 4.84. The van der Waals surface area contributed by atoms with Crippen LogP contribution in [-0.2, 0) is 13.0 Å². The number of nitrogens with zero attached hydrogens (tertiary/aromatic N) is 3. The molecule has 3 heterocycles. The molecule has 1 aliphatic heterocycles. The van der Waals surface area contributed by atoms with Crippen molar-refractivity contribution in [3.05, 3.63) is 57.4 Å². The molecular formula is C21H23N3O3S. The lowest BCUT2D eigenvalue weighted by Crippen LogP contribution is -2.35. The average Bonchev–Trinajstić information content (AvgIpc) is 3.23. The summed E-state index contributed by atoms with van der Waals surface area (Å²) in [6.45, 7) is 1.57. The van der Waals surface area contributed by atoms with Crippen LogP contribution < -0.4 is 9.47 Å². The third-order valence-corrected chi connectivity index (χ3v) is 6.48. The monoisotopic (exact) mass is 397 g/mol. The maximum atomic E-state index is 5.58. The molecule has 7 heteroatoms. The van der Waals surface area contributed by atoms with Gasteiger partial charge in [-0.3, -0.25) is 4.90 Å². The normalized spacial score (nSPS) is 19.4. The molecule has 0 saturated heterocycles. The highest BCUT2D eigenvalue weighted by atomic mass is 32.1. The fraction of sp³-hybridized carbons (Fsp3) is 0.429. The number of thiophene rings is 1. The van der Waals surface area contributed by atoms with Gasteiger partial charge < -0.3 is 14.0 Å². The summed E-state index contributed by atoms with van der Waals surface area (Å²) in [5.74, 6) is 3.62. The lowest BCUT2D eigenvalue weighted by molar-refractivity contribution is 0.179. The van der Waals surface area contributed by atoms with Crippen molar-refractivity contribution in [3.63, 3.8) is 0 Å². The minimum Gasteiger partial charge on any atom is -0.493 e. The highest BCUT2D eigenvalue weighted by Crippen LogP contribution is 2.43. The SMILES string of the molecule is COc1cc2c(cc1OC)[C@H](c1cccs1)N(Cc1nc(C3CC3)no1)CC2. The number of fused-ring (bicyclic) bond motifs is 1. The van der Waals surface area contributed by atoms with Gasteiger partial charge in [0.15, 0.2) is 17.3 Å². The van der Waals surface area contributed by atoms with Crippen LogP contribution in [0.1, 0.15) is 52.5 Å². The standard InChI is InChI=1S/C21H23N3O3S/c1-25-16-10-14-7-8-24(12-19-22-21(23-27-19)13-5-6-13)20(18-4-3-9-28-18)15(14)11-17(16)26-2/h3-4,9-11,13,20H,5-8,12H2,1-2H3/t20-/m1/s1. The Balaban J connectivity index is 1.51. The number of hydrogen-bond donors (Lipinski definition) is 0. The Bertz CT molecular complexity index is 965. The second kappa shape index (κ2) is 7.22. The maximum Gasteiger partial charge on any atom is 0.240 e. The predicted molar refractivity (Wildman–Crippen MR) is 106 cm³/mol. The van der Waals surface area contributed by atoms with Crippen molar-refractivity contribution in [1.82, 2.24) is 15.0 Å². The van der Waals surface area contributed by atoms with Crippen LogP contribution in [0.25, 0.3) is 0 Å². The first kappa shape index (κ1) is 17.7. The molecule has 1 atom stereocenters. The first-order valence-corrected chi connectivity index (χ1v) is 10.5. The second-order valence-electron chi connectivity index (χ2n) is 7.37. The van der Waals surface area contributed by atoms with E-state index < -0.39 is 0 Å². The third-order valence-electron chi connectivity index (χ3n) is 5.55. The summed E-state index contributed by atoms with van der Waals surface area (Å²) < 4.78 is 16.6. The van der Waals surface area contributed by atoms with Crippen LogP contribution in [0.4, 0.5) is 0 Å². The largest absolute Gasteiger partial charge is 0.493 e. The molecule has 5 rings (SSSR count). The molecule has 0 spiro atoms. The second-order valence-corrected chi connectivity index (χ2v) is 8.34. The molecule has 1 aromatic carbocycles. The smallest absolute Gasteiger partial charge is 0.240 e. The van der Waals surface area contributed by atoms with E-state index in [4.69, 9.17) is 14.0 Å². The lowest BCUT2D eigenvalue weighted by Gasteiger charge is -2.36. The summed E-state index contributed by atoms with van der Waals surface area (Å²) >= 11 is 1.77. The van der Waals surface area contributed by atoms with E-state index >= 15 is 0 Å². The molecule has 3 aromatic rings. The summed E-state index contributed by atoms with van der Waals surface area (Å²) in [4.78, 5) is 8.36. The van der Waals surface area contributed by atoms with Crippen molar-refractivity contribution in [2.75, 3.05) is 20.8 Å². The van der Waals surface area contributed by atoms with E-state index in [1.165, 1.54) is 28.8 Å². The molecule has 2 aliphatic rings. The van der Waals surface area contributed by atoms with E-state index in [-0.39, 0.29) is 6.04 Å².